The second-order valence-corrected chi connectivity index (χ2v) is 9.44. The molecule has 2 heterocycles. The van der Waals surface area contributed by atoms with Crippen LogP contribution in [0, 0.1) is 13.8 Å². The second-order valence-electron chi connectivity index (χ2n) is 5.39. The summed E-state index contributed by atoms with van der Waals surface area (Å²) >= 11 is 0. The fourth-order valence-electron chi connectivity index (χ4n) is 2.87. The molecule has 21 heavy (non-hydrogen) atoms. The van der Waals surface area contributed by atoms with Gasteiger partial charge in [-0.1, -0.05) is 6.92 Å². The number of hydrogen-bond donors (Lipinski definition) is 0. The molecule has 120 valence electrons. The highest BCUT2D eigenvalue weighted by Gasteiger charge is 2.39. The molecule has 1 saturated heterocycles. The molecular formula is C12H21N3O4S2. The summed E-state index contributed by atoms with van der Waals surface area (Å²) in [5.74, 6) is -0.0485. The molecule has 1 aliphatic heterocycles. The van der Waals surface area contributed by atoms with Crippen LogP contribution in [-0.4, -0.2) is 55.0 Å². The van der Waals surface area contributed by atoms with Gasteiger partial charge in [0.25, 0.3) is 0 Å². The van der Waals surface area contributed by atoms with E-state index >= 15 is 0 Å². The van der Waals surface area contributed by atoms with Gasteiger partial charge >= 0.3 is 0 Å². The standard InChI is InChI=1S/C12H21N3O4S2/c1-5-15(11-6-7-20(16,17)8-11)21(18,19)12-9(2)13-14(4)10(12)3/h11H,5-8H2,1-4H3/t11-/m0/s1. The van der Waals surface area contributed by atoms with Gasteiger partial charge in [-0.15, -0.1) is 0 Å². The molecule has 1 aromatic heterocycles. The zero-order valence-corrected chi connectivity index (χ0v) is 14.3. The Morgan fingerprint density at radius 2 is 2.00 bits per heavy atom. The van der Waals surface area contributed by atoms with Gasteiger partial charge in [-0.2, -0.15) is 9.40 Å². The van der Waals surface area contributed by atoms with Crippen LogP contribution >= 0.6 is 0 Å². The molecule has 0 aliphatic carbocycles. The summed E-state index contributed by atoms with van der Waals surface area (Å²) < 4.78 is 51.9. The molecule has 0 aromatic carbocycles. The Hall–Kier alpha value is -0.930. The summed E-state index contributed by atoms with van der Waals surface area (Å²) in [7, 11) is -5.18. The fraction of sp³-hybridized carbons (Fsp3) is 0.750. The van der Waals surface area contributed by atoms with E-state index in [1.165, 1.54) is 8.99 Å². The summed E-state index contributed by atoms with van der Waals surface area (Å²) in [6, 6.07) is -0.482. The van der Waals surface area contributed by atoms with Gasteiger partial charge in [-0.3, -0.25) is 4.68 Å². The molecule has 1 fully saturated rings. The number of sulfonamides is 1. The largest absolute Gasteiger partial charge is 0.271 e. The van der Waals surface area contributed by atoms with Gasteiger partial charge in [-0.05, 0) is 20.3 Å². The Morgan fingerprint density at radius 1 is 1.38 bits per heavy atom. The van der Waals surface area contributed by atoms with Crippen molar-refractivity contribution in [3.63, 3.8) is 0 Å². The van der Waals surface area contributed by atoms with Crippen LogP contribution in [0.15, 0.2) is 4.90 Å². The van der Waals surface area contributed by atoms with E-state index in [0.29, 0.717) is 17.8 Å². The van der Waals surface area contributed by atoms with Crippen molar-refractivity contribution in [1.82, 2.24) is 14.1 Å². The number of aryl methyl sites for hydroxylation is 2. The molecule has 1 atom stereocenters. The van der Waals surface area contributed by atoms with E-state index in [4.69, 9.17) is 0 Å². The Morgan fingerprint density at radius 3 is 2.38 bits per heavy atom. The molecule has 0 radical (unpaired) electrons. The van der Waals surface area contributed by atoms with Crippen LogP contribution in [0.2, 0.25) is 0 Å². The average Bonchev–Trinajstić information content (AvgIpc) is 2.80. The second kappa shape index (κ2) is 5.36. The van der Waals surface area contributed by atoms with Gasteiger partial charge in [0.1, 0.15) is 4.90 Å². The predicted octanol–water partition coefficient (Wildman–Crippen LogP) is 0.235. The van der Waals surface area contributed by atoms with E-state index in [0.717, 1.165) is 0 Å². The lowest BCUT2D eigenvalue weighted by molar-refractivity contribution is 0.354. The van der Waals surface area contributed by atoms with E-state index < -0.39 is 25.9 Å². The molecule has 0 spiro atoms. The molecule has 0 unspecified atom stereocenters. The molecule has 7 nitrogen and oxygen atoms in total. The van der Waals surface area contributed by atoms with Gasteiger partial charge in [0.2, 0.25) is 10.0 Å². The van der Waals surface area contributed by atoms with Crippen molar-refractivity contribution in [3.8, 4) is 0 Å². The van der Waals surface area contributed by atoms with Crippen LogP contribution in [-0.2, 0) is 26.9 Å². The van der Waals surface area contributed by atoms with E-state index in [2.05, 4.69) is 5.10 Å². The average molecular weight is 335 g/mol. The first kappa shape index (κ1) is 16.4. The zero-order valence-electron chi connectivity index (χ0n) is 12.7. The van der Waals surface area contributed by atoms with Crippen LogP contribution in [0.3, 0.4) is 0 Å². The van der Waals surface area contributed by atoms with E-state index in [9.17, 15) is 16.8 Å². The van der Waals surface area contributed by atoms with Crippen molar-refractivity contribution in [1.29, 1.82) is 0 Å². The topological polar surface area (TPSA) is 89.3 Å². The maximum Gasteiger partial charge on any atom is 0.247 e. The maximum atomic E-state index is 12.9. The monoisotopic (exact) mass is 335 g/mol. The van der Waals surface area contributed by atoms with Gasteiger partial charge < -0.3 is 0 Å². The van der Waals surface area contributed by atoms with Crippen molar-refractivity contribution >= 4 is 19.9 Å². The normalized spacial score (nSPS) is 22.0. The van der Waals surface area contributed by atoms with Crippen molar-refractivity contribution in [2.45, 2.75) is 38.1 Å². The quantitative estimate of drug-likeness (QED) is 0.786. The smallest absolute Gasteiger partial charge is 0.247 e. The minimum Gasteiger partial charge on any atom is -0.271 e. The molecule has 1 aromatic rings. The third-order valence-electron chi connectivity index (χ3n) is 3.94. The number of rotatable bonds is 4. The van der Waals surface area contributed by atoms with Gasteiger partial charge in [0.15, 0.2) is 9.84 Å². The van der Waals surface area contributed by atoms with E-state index in [1.807, 2.05) is 0 Å². The molecular weight excluding hydrogens is 314 g/mol. The number of sulfone groups is 1. The maximum absolute atomic E-state index is 12.9. The SMILES string of the molecule is CCN([C@H]1CCS(=O)(=O)C1)S(=O)(=O)c1c(C)nn(C)c1C. The first-order valence-corrected chi connectivity index (χ1v) is 10.1. The molecule has 2 rings (SSSR count). The lowest BCUT2D eigenvalue weighted by Crippen LogP contribution is -2.41. The van der Waals surface area contributed by atoms with Crippen molar-refractivity contribution in [2.24, 2.45) is 7.05 Å². The lowest BCUT2D eigenvalue weighted by Gasteiger charge is -2.26. The first-order chi connectivity index (χ1) is 9.60. The summed E-state index contributed by atoms with van der Waals surface area (Å²) in [4.78, 5) is 0.191. The van der Waals surface area contributed by atoms with Crippen LogP contribution in [0.25, 0.3) is 0 Å². The summed E-state index contributed by atoms with van der Waals surface area (Å²) in [6.07, 6.45) is 0.355. The highest BCUT2D eigenvalue weighted by Crippen LogP contribution is 2.28. The Balaban J connectivity index is 2.46. The van der Waals surface area contributed by atoms with Crippen LogP contribution < -0.4 is 0 Å². The summed E-state index contributed by atoms with van der Waals surface area (Å²) in [6.45, 7) is 5.32. The van der Waals surface area contributed by atoms with Gasteiger partial charge in [0, 0.05) is 19.6 Å². The minimum absolute atomic E-state index is 0.0503. The Labute approximate surface area is 125 Å². The Kier molecular flexibility index (Phi) is 4.20. The third kappa shape index (κ3) is 2.86. The summed E-state index contributed by atoms with van der Waals surface area (Å²) in [5.41, 5.74) is 1.00. The molecule has 0 bridgehead atoms. The van der Waals surface area contributed by atoms with E-state index in [-0.39, 0.29) is 22.9 Å². The van der Waals surface area contributed by atoms with Crippen LogP contribution in [0.5, 0.6) is 0 Å². The molecule has 0 saturated carbocycles. The van der Waals surface area contributed by atoms with Crippen molar-refractivity contribution < 1.29 is 16.8 Å². The number of aromatic nitrogens is 2. The third-order valence-corrected chi connectivity index (χ3v) is 7.97. The van der Waals surface area contributed by atoms with Crippen molar-refractivity contribution in [3.05, 3.63) is 11.4 Å². The first-order valence-electron chi connectivity index (χ1n) is 6.82. The highest BCUT2D eigenvalue weighted by molar-refractivity contribution is 7.92. The zero-order chi connectivity index (χ0) is 16.0. The summed E-state index contributed by atoms with van der Waals surface area (Å²) in [5, 5.41) is 4.14. The van der Waals surface area contributed by atoms with Gasteiger partial charge in [-0.25, -0.2) is 16.8 Å². The molecule has 9 heteroatoms. The van der Waals surface area contributed by atoms with Crippen molar-refractivity contribution in [2.75, 3.05) is 18.1 Å². The fourth-order valence-corrected chi connectivity index (χ4v) is 6.76. The minimum atomic E-state index is -3.74. The van der Waals surface area contributed by atoms with Crippen LogP contribution in [0.4, 0.5) is 0 Å². The molecule has 1 aliphatic rings. The number of hydrogen-bond acceptors (Lipinski definition) is 5. The lowest BCUT2D eigenvalue weighted by atomic mass is 10.3. The Bertz CT molecular complexity index is 750. The highest BCUT2D eigenvalue weighted by atomic mass is 32.2. The van der Waals surface area contributed by atoms with Gasteiger partial charge in [0.05, 0.1) is 22.9 Å². The van der Waals surface area contributed by atoms with Crippen LogP contribution in [0.1, 0.15) is 24.7 Å². The molecule has 0 amide bonds. The number of nitrogens with zero attached hydrogens (tertiary/aromatic N) is 3. The molecule has 0 N–H and O–H groups in total. The van der Waals surface area contributed by atoms with E-state index in [1.54, 1.807) is 27.8 Å². The predicted molar refractivity (Wildman–Crippen MR) is 79.3 cm³/mol.